The maximum atomic E-state index is 10.0. The van der Waals surface area contributed by atoms with Crippen molar-refractivity contribution in [2.24, 2.45) is 0 Å². The van der Waals surface area contributed by atoms with Crippen LogP contribution in [0.4, 0.5) is 0 Å². The Hall–Kier alpha value is -2.02. The number of phenols is 1. The van der Waals surface area contributed by atoms with Gasteiger partial charge in [-0.1, -0.05) is 18.2 Å². The molecule has 18 heavy (non-hydrogen) atoms. The van der Waals surface area contributed by atoms with Crippen LogP contribution in [0.2, 0.25) is 0 Å². The molecule has 0 aliphatic carbocycles. The van der Waals surface area contributed by atoms with Crippen molar-refractivity contribution in [3.8, 4) is 5.75 Å². The van der Waals surface area contributed by atoms with Gasteiger partial charge in [0.15, 0.2) is 0 Å². The third kappa shape index (κ3) is 1.47. The molecule has 0 heterocycles. The average Bonchev–Trinajstić information content (AvgIpc) is 2.36. The molecule has 0 aliphatic heterocycles. The molecule has 0 saturated carbocycles. The Balaban J connectivity index is 2.53. The number of hydrogen-bond acceptors (Lipinski definition) is 1. The lowest BCUT2D eigenvalue weighted by Gasteiger charge is -2.10. The van der Waals surface area contributed by atoms with Gasteiger partial charge in [-0.15, -0.1) is 0 Å². The highest BCUT2D eigenvalue weighted by Gasteiger charge is 2.08. The van der Waals surface area contributed by atoms with E-state index in [2.05, 4.69) is 43.3 Å². The largest absolute Gasteiger partial charge is 0.507 e. The normalized spacial score (nSPS) is 11.3. The number of rotatable bonds is 0. The van der Waals surface area contributed by atoms with Gasteiger partial charge >= 0.3 is 0 Å². The molecular weight excluding hydrogens is 220 g/mol. The summed E-state index contributed by atoms with van der Waals surface area (Å²) >= 11 is 0. The molecule has 0 bridgehead atoms. The molecule has 3 aromatic rings. The van der Waals surface area contributed by atoms with Crippen molar-refractivity contribution in [2.45, 2.75) is 20.8 Å². The lowest BCUT2D eigenvalue weighted by atomic mass is 9.96. The van der Waals surface area contributed by atoms with Crippen molar-refractivity contribution < 1.29 is 5.11 Å². The zero-order valence-electron chi connectivity index (χ0n) is 10.9. The van der Waals surface area contributed by atoms with Gasteiger partial charge in [-0.2, -0.15) is 0 Å². The zero-order chi connectivity index (χ0) is 12.9. The van der Waals surface area contributed by atoms with E-state index in [-0.39, 0.29) is 0 Å². The van der Waals surface area contributed by atoms with Crippen molar-refractivity contribution in [3.05, 3.63) is 53.1 Å². The maximum Gasteiger partial charge on any atom is 0.122 e. The smallest absolute Gasteiger partial charge is 0.122 e. The van der Waals surface area contributed by atoms with E-state index in [0.29, 0.717) is 5.75 Å². The second-order valence-corrected chi connectivity index (χ2v) is 5.04. The van der Waals surface area contributed by atoms with Gasteiger partial charge in [-0.05, 0) is 77.2 Å². The quantitative estimate of drug-likeness (QED) is 0.564. The summed E-state index contributed by atoms with van der Waals surface area (Å²) in [6, 6.07) is 12.8. The minimum atomic E-state index is 0.412. The first-order valence-corrected chi connectivity index (χ1v) is 6.20. The molecule has 0 aliphatic rings. The van der Waals surface area contributed by atoms with Crippen molar-refractivity contribution >= 4 is 21.5 Å². The van der Waals surface area contributed by atoms with Gasteiger partial charge in [-0.3, -0.25) is 0 Å². The number of aromatic hydroxyl groups is 1. The third-order valence-electron chi connectivity index (χ3n) is 3.77. The van der Waals surface area contributed by atoms with Gasteiger partial charge in [0.1, 0.15) is 5.75 Å². The van der Waals surface area contributed by atoms with Crippen LogP contribution in [-0.2, 0) is 0 Å². The van der Waals surface area contributed by atoms with Crippen LogP contribution in [0, 0.1) is 20.8 Å². The number of hydrogen-bond donors (Lipinski definition) is 1. The minimum absolute atomic E-state index is 0.412. The van der Waals surface area contributed by atoms with Gasteiger partial charge in [0.05, 0.1) is 0 Å². The first kappa shape index (κ1) is 11.1. The highest BCUT2D eigenvalue weighted by atomic mass is 16.3. The molecule has 0 radical (unpaired) electrons. The molecule has 3 aromatic carbocycles. The third-order valence-corrected chi connectivity index (χ3v) is 3.77. The Morgan fingerprint density at radius 2 is 1.50 bits per heavy atom. The van der Waals surface area contributed by atoms with Crippen LogP contribution in [-0.4, -0.2) is 5.11 Å². The predicted octanol–water partition coefficient (Wildman–Crippen LogP) is 4.62. The van der Waals surface area contributed by atoms with E-state index in [0.717, 1.165) is 16.5 Å². The number of aryl methyl sites for hydroxylation is 3. The molecule has 0 spiro atoms. The van der Waals surface area contributed by atoms with Crippen LogP contribution in [0.15, 0.2) is 36.4 Å². The van der Waals surface area contributed by atoms with Crippen molar-refractivity contribution in [1.29, 1.82) is 0 Å². The maximum absolute atomic E-state index is 10.0. The number of phenolic OH excluding ortho intramolecular Hbond substituents is 1. The Bertz CT molecular complexity index is 770. The second-order valence-electron chi connectivity index (χ2n) is 5.04. The van der Waals surface area contributed by atoms with E-state index in [9.17, 15) is 5.11 Å². The molecule has 0 atom stereocenters. The van der Waals surface area contributed by atoms with E-state index >= 15 is 0 Å². The van der Waals surface area contributed by atoms with Crippen molar-refractivity contribution in [1.82, 2.24) is 0 Å². The van der Waals surface area contributed by atoms with Crippen LogP contribution in [0.5, 0.6) is 5.75 Å². The fourth-order valence-corrected chi connectivity index (χ4v) is 2.67. The second kappa shape index (κ2) is 3.74. The highest BCUT2D eigenvalue weighted by molar-refractivity contribution is 6.01. The molecule has 1 heteroatoms. The van der Waals surface area contributed by atoms with Gasteiger partial charge in [0.25, 0.3) is 0 Å². The lowest BCUT2D eigenvalue weighted by molar-refractivity contribution is 0.468. The summed E-state index contributed by atoms with van der Waals surface area (Å²) in [6.45, 7) is 6.06. The van der Waals surface area contributed by atoms with E-state index < -0.39 is 0 Å². The van der Waals surface area contributed by atoms with Gasteiger partial charge in [-0.25, -0.2) is 0 Å². The molecule has 0 fully saturated rings. The fraction of sp³-hybridized carbons (Fsp3) is 0.176. The summed E-state index contributed by atoms with van der Waals surface area (Å²) in [6.07, 6.45) is 0. The van der Waals surface area contributed by atoms with Crippen molar-refractivity contribution in [2.75, 3.05) is 0 Å². The molecule has 1 N–H and O–H groups in total. The Labute approximate surface area is 107 Å². The Morgan fingerprint density at radius 1 is 0.778 bits per heavy atom. The fourth-order valence-electron chi connectivity index (χ4n) is 2.67. The van der Waals surface area contributed by atoms with Crippen LogP contribution in [0.1, 0.15) is 16.7 Å². The van der Waals surface area contributed by atoms with Crippen LogP contribution in [0.25, 0.3) is 21.5 Å². The molecule has 1 nitrogen and oxygen atoms in total. The summed E-state index contributed by atoms with van der Waals surface area (Å²) in [4.78, 5) is 0. The van der Waals surface area contributed by atoms with Gasteiger partial charge in [0.2, 0.25) is 0 Å². The van der Waals surface area contributed by atoms with E-state index in [1.165, 1.54) is 21.7 Å². The first-order chi connectivity index (χ1) is 8.58. The summed E-state index contributed by atoms with van der Waals surface area (Å²) in [5, 5.41) is 14.9. The summed E-state index contributed by atoms with van der Waals surface area (Å²) in [5.74, 6) is 0.412. The topological polar surface area (TPSA) is 20.2 Å². The first-order valence-electron chi connectivity index (χ1n) is 6.20. The summed E-state index contributed by atoms with van der Waals surface area (Å²) in [7, 11) is 0. The van der Waals surface area contributed by atoms with Crippen molar-refractivity contribution in [3.63, 3.8) is 0 Å². The molecule has 3 rings (SSSR count). The highest BCUT2D eigenvalue weighted by Crippen LogP contribution is 2.33. The molecule has 0 aromatic heterocycles. The number of benzene rings is 3. The van der Waals surface area contributed by atoms with E-state index in [4.69, 9.17) is 0 Å². The zero-order valence-corrected chi connectivity index (χ0v) is 10.9. The van der Waals surface area contributed by atoms with Gasteiger partial charge in [0, 0.05) is 0 Å². The lowest BCUT2D eigenvalue weighted by Crippen LogP contribution is -1.86. The van der Waals surface area contributed by atoms with Crippen LogP contribution >= 0.6 is 0 Å². The monoisotopic (exact) mass is 236 g/mol. The predicted molar refractivity (Wildman–Crippen MR) is 77.3 cm³/mol. The Kier molecular flexibility index (Phi) is 2.30. The molecule has 0 saturated heterocycles. The molecule has 0 amide bonds. The van der Waals surface area contributed by atoms with Gasteiger partial charge < -0.3 is 5.11 Å². The van der Waals surface area contributed by atoms with E-state index in [1.807, 2.05) is 13.8 Å². The van der Waals surface area contributed by atoms with E-state index in [1.54, 1.807) is 0 Å². The minimum Gasteiger partial charge on any atom is -0.507 e. The summed E-state index contributed by atoms with van der Waals surface area (Å²) < 4.78 is 0. The Morgan fingerprint density at radius 3 is 2.28 bits per heavy atom. The molecule has 90 valence electrons. The molecule has 0 unspecified atom stereocenters. The summed E-state index contributed by atoms with van der Waals surface area (Å²) in [5.41, 5.74) is 3.19. The van der Waals surface area contributed by atoms with Crippen LogP contribution in [0.3, 0.4) is 0 Å². The van der Waals surface area contributed by atoms with Crippen LogP contribution < -0.4 is 0 Å². The number of fused-ring (bicyclic) bond motifs is 2. The average molecular weight is 236 g/mol. The standard InChI is InChI=1S/C17H16O/c1-10-5-4-6-13-8-16-12(3)17(18)11(2)7-14(16)9-15(10)13/h4-9,18H,1-3H3. The SMILES string of the molecule is Cc1cc2cc3c(C)cccc3cc2c(C)c1O. The molecular formula is C17H16O.